The molecule has 0 saturated carbocycles. The summed E-state index contributed by atoms with van der Waals surface area (Å²) in [6, 6.07) is 20.9. The highest BCUT2D eigenvalue weighted by atomic mass is 14.8. The van der Waals surface area contributed by atoms with Crippen LogP contribution in [0.5, 0.6) is 0 Å². The number of hydrogen-bond donors (Lipinski definition) is 0. The summed E-state index contributed by atoms with van der Waals surface area (Å²) >= 11 is 0. The lowest BCUT2D eigenvalue weighted by Crippen LogP contribution is -2.16. The van der Waals surface area contributed by atoms with Crippen molar-refractivity contribution >= 4 is 6.21 Å². The van der Waals surface area contributed by atoms with Crippen molar-refractivity contribution in [3.05, 3.63) is 71.8 Å². The predicted octanol–water partition coefficient (Wildman–Crippen LogP) is 4.89. The Morgan fingerprint density at radius 1 is 0.842 bits per heavy atom. The van der Waals surface area contributed by atoms with Crippen LogP contribution < -0.4 is 0 Å². The van der Waals surface area contributed by atoms with Crippen LogP contribution in [0.2, 0.25) is 0 Å². The van der Waals surface area contributed by atoms with Crippen molar-refractivity contribution in [3.63, 3.8) is 0 Å². The SMILES string of the molecule is CC(C)(C)C(/N=C\c1ccccc1)c1ccccc1. The van der Waals surface area contributed by atoms with Gasteiger partial charge in [0.25, 0.3) is 0 Å². The molecular weight excluding hydrogens is 230 g/mol. The van der Waals surface area contributed by atoms with Crippen LogP contribution in [-0.4, -0.2) is 6.21 Å². The summed E-state index contributed by atoms with van der Waals surface area (Å²) < 4.78 is 0. The van der Waals surface area contributed by atoms with Crippen molar-refractivity contribution in [3.8, 4) is 0 Å². The largest absolute Gasteiger partial charge is 0.284 e. The average Bonchev–Trinajstić information content (AvgIpc) is 2.40. The Hall–Kier alpha value is -1.89. The Bertz CT molecular complexity index is 521. The maximum absolute atomic E-state index is 4.81. The molecule has 0 aliphatic carbocycles. The first-order chi connectivity index (χ1) is 9.07. The first kappa shape index (κ1) is 13.5. The zero-order chi connectivity index (χ0) is 13.7. The third-order valence-electron chi connectivity index (χ3n) is 3.11. The van der Waals surface area contributed by atoms with Crippen molar-refractivity contribution in [2.75, 3.05) is 0 Å². The molecule has 2 rings (SSSR count). The van der Waals surface area contributed by atoms with E-state index >= 15 is 0 Å². The molecule has 0 spiro atoms. The summed E-state index contributed by atoms with van der Waals surface area (Å²) in [4.78, 5) is 4.81. The van der Waals surface area contributed by atoms with E-state index < -0.39 is 0 Å². The lowest BCUT2D eigenvalue weighted by molar-refractivity contribution is 0.330. The minimum Gasteiger partial charge on any atom is -0.284 e. The molecule has 0 saturated heterocycles. The molecule has 1 heteroatoms. The first-order valence-electron chi connectivity index (χ1n) is 6.70. The molecule has 98 valence electrons. The van der Waals surface area contributed by atoms with E-state index in [9.17, 15) is 0 Å². The zero-order valence-electron chi connectivity index (χ0n) is 11.9. The predicted molar refractivity (Wildman–Crippen MR) is 82.7 cm³/mol. The van der Waals surface area contributed by atoms with Gasteiger partial charge in [-0.1, -0.05) is 81.4 Å². The van der Waals surface area contributed by atoms with Gasteiger partial charge in [-0.25, -0.2) is 0 Å². The van der Waals surface area contributed by atoms with E-state index in [1.54, 1.807) is 0 Å². The second-order valence-corrected chi connectivity index (χ2v) is 5.87. The van der Waals surface area contributed by atoms with E-state index in [4.69, 9.17) is 4.99 Å². The van der Waals surface area contributed by atoms with Gasteiger partial charge in [0.15, 0.2) is 0 Å². The van der Waals surface area contributed by atoms with Gasteiger partial charge in [0.05, 0.1) is 6.04 Å². The fraction of sp³-hybridized carbons (Fsp3) is 0.278. The lowest BCUT2D eigenvalue weighted by atomic mass is 9.83. The molecule has 0 fully saturated rings. The topological polar surface area (TPSA) is 12.4 Å². The molecule has 1 unspecified atom stereocenters. The normalized spacial score (nSPS) is 13.6. The van der Waals surface area contributed by atoms with Crippen LogP contribution in [0.3, 0.4) is 0 Å². The summed E-state index contributed by atoms with van der Waals surface area (Å²) in [7, 11) is 0. The molecule has 0 amide bonds. The minimum absolute atomic E-state index is 0.104. The monoisotopic (exact) mass is 251 g/mol. The Kier molecular flexibility index (Phi) is 4.16. The molecule has 0 aromatic heterocycles. The summed E-state index contributed by atoms with van der Waals surface area (Å²) in [6.45, 7) is 6.69. The lowest BCUT2D eigenvalue weighted by Gasteiger charge is -2.27. The summed E-state index contributed by atoms with van der Waals surface area (Å²) in [5, 5.41) is 0. The molecule has 0 N–H and O–H groups in total. The molecule has 0 aliphatic heterocycles. The van der Waals surface area contributed by atoms with Crippen molar-refractivity contribution in [2.45, 2.75) is 26.8 Å². The van der Waals surface area contributed by atoms with Crippen molar-refractivity contribution < 1.29 is 0 Å². The maximum atomic E-state index is 4.81. The van der Waals surface area contributed by atoms with Gasteiger partial charge < -0.3 is 0 Å². The molecule has 0 heterocycles. The first-order valence-corrected chi connectivity index (χ1v) is 6.70. The number of aliphatic imine (C=N–C) groups is 1. The molecule has 0 bridgehead atoms. The molecule has 19 heavy (non-hydrogen) atoms. The molecular formula is C18H21N. The van der Waals surface area contributed by atoms with Crippen molar-refractivity contribution in [1.82, 2.24) is 0 Å². The van der Waals surface area contributed by atoms with Crippen LogP contribution in [0.4, 0.5) is 0 Å². The average molecular weight is 251 g/mol. The summed E-state index contributed by atoms with van der Waals surface area (Å²) in [5.41, 5.74) is 2.52. The van der Waals surface area contributed by atoms with E-state index in [-0.39, 0.29) is 11.5 Å². The molecule has 2 aromatic carbocycles. The van der Waals surface area contributed by atoms with Crippen LogP contribution in [0.1, 0.15) is 37.9 Å². The van der Waals surface area contributed by atoms with Gasteiger partial charge in [-0.2, -0.15) is 0 Å². The highest BCUT2D eigenvalue weighted by Crippen LogP contribution is 2.35. The van der Waals surface area contributed by atoms with Gasteiger partial charge in [0.1, 0.15) is 0 Å². The maximum Gasteiger partial charge on any atom is 0.0797 e. The van der Waals surface area contributed by atoms with Crippen molar-refractivity contribution in [2.24, 2.45) is 10.4 Å². The molecule has 1 atom stereocenters. The number of rotatable bonds is 3. The third kappa shape index (κ3) is 3.78. The van der Waals surface area contributed by atoms with Crippen LogP contribution >= 0.6 is 0 Å². The van der Waals surface area contributed by atoms with Gasteiger partial charge in [-0.15, -0.1) is 0 Å². The van der Waals surface area contributed by atoms with Gasteiger partial charge in [-0.05, 0) is 16.5 Å². The Balaban J connectivity index is 2.28. The summed E-state index contributed by atoms with van der Waals surface area (Å²) in [5.74, 6) is 0. The quantitative estimate of drug-likeness (QED) is 0.688. The summed E-state index contributed by atoms with van der Waals surface area (Å²) in [6.07, 6.45) is 1.98. The van der Waals surface area contributed by atoms with E-state index in [0.29, 0.717) is 0 Å². The van der Waals surface area contributed by atoms with Gasteiger partial charge in [0.2, 0.25) is 0 Å². The Morgan fingerprint density at radius 2 is 1.37 bits per heavy atom. The molecule has 0 radical (unpaired) electrons. The molecule has 0 aliphatic rings. The van der Waals surface area contributed by atoms with E-state index in [2.05, 4.69) is 57.2 Å². The second kappa shape index (κ2) is 5.83. The van der Waals surface area contributed by atoms with Crippen LogP contribution in [0.25, 0.3) is 0 Å². The van der Waals surface area contributed by atoms with E-state index in [0.717, 1.165) is 5.56 Å². The highest BCUT2D eigenvalue weighted by molar-refractivity contribution is 5.79. The van der Waals surface area contributed by atoms with Crippen LogP contribution in [0.15, 0.2) is 65.7 Å². The van der Waals surface area contributed by atoms with Gasteiger partial charge in [-0.3, -0.25) is 4.99 Å². The van der Waals surface area contributed by atoms with Crippen molar-refractivity contribution in [1.29, 1.82) is 0 Å². The number of nitrogens with zero attached hydrogens (tertiary/aromatic N) is 1. The molecule has 2 aromatic rings. The third-order valence-corrected chi connectivity index (χ3v) is 3.11. The van der Waals surface area contributed by atoms with Gasteiger partial charge in [0, 0.05) is 6.21 Å². The van der Waals surface area contributed by atoms with Crippen LogP contribution in [0, 0.1) is 5.41 Å². The standard InChI is InChI=1S/C18H21N/c1-18(2,3)17(16-12-8-5-9-13-16)19-14-15-10-6-4-7-11-15/h4-14,17H,1-3H3/b19-14-. The Morgan fingerprint density at radius 3 is 1.89 bits per heavy atom. The minimum atomic E-state index is 0.104. The zero-order valence-corrected chi connectivity index (χ0v) is 11.9. The van der Waals surface area contributed by atoms with E-state index in [1.807, 2.05) is 30.5 Å². The smallest absolute Gasteiger partial charge is 0.0797 e. The fourth-order valence-electron chi connectivity index (χ4n) is 2.14. The van der Waals surface area contributed by atoms with E-state index in [1.165, 1.54) is 5.56 Å². The number of hydrogen-bond acceptors (Lipinski definition) is 1. The highest BCUT2D eigenvalue weighted by Gasteiger charge is 2.24. The van der Waals surface area contributed by atoms with Crippen LogP contribution in [-0.2, 0) is 0 Å². The molecule has 1 nitrogen and oxygen atoms in total. The van der Waals surface area contributed by atoms with Gasteiger partial charge >= 0.3 is 0 Å². The fourth-order valence-corrected chi connectivity index (χ4v) is 2.14. The number of benzene rings is 2. The Labute approximate surface area is 116 Å². The second-order valence-electron chi connectivity index (χ2n) is 5.87.